The second-order valence-corrected chi connectivity index (χ2v) is 7.51. The minimum absolute atomic E-state index is 0.0557. The van der Waals surface area contributed by atoms with Gasteiger partial charge in [0.2, 0.25) is 5.90 Å². The van der Waals surface area contributed by atoms with Gasteiger partial charge in [-0.1, -0.05) is 35.5 Å². The van der Waals surface area contributed by atoms with E-state index in [1.54, 1.807) is 30.3 Å². The van der Waals surface area contributed by atoms with E-state index in [9.17, 15) is 4.79 Å². The number of hydroxylamine groups is 1. The van der Waals surface area contributed by atoms with Crippen molar-refractivity contribution in [3.63, 3.8) is 0 Å². The summed E-state index contributed by atoms with van der Waals surface area (Å²) in [5.41, 5.74) is 11.8. The van der Waals surface area contributed by atoms with Gasteiger partial charge in [0.05, 0.1) is 20.3 Å². The average molecular weight is 466 g/mol. The third-order valence-electron chi connectivity index (χ3n) is 5.32. The SMILES string of the molecule is C=CC[C@]1(C(=O)NOC)N=C(c2ccc(OCCCO)cc2)O[C@H]1c1ccccc1CN=[N+]=[N-]. The summed E-state index contributed by atoms with van der Waals surface area (Å²) in [5.74, 6) is 0.428. The van der Waals surface area contributed by atoms with Crippen LogP contribution in [0.15, 0.2) is 71.3 Å². The number of aliphatic hydroxyl groups is 1. The molecule has 0 radical (unpaired) electrons. The number of aliphatic hydroxyl groups excluding tert-OH is 1. The molecule has 2 N–H and O–H groups in total. The lowest BCUT2D eigenvalue weighted by atomic mass is 9.83. The summed E-state index contributed by atoms with van der Waals surface area (Å²) >= 11 is 0. The highest BCUT2D eigenvalue weighted by molar-refractivity contribution is 6.01. The van der Waals surface area contributed by atoms with Crippen LogP contribution in [0.25, 0.3) is 10.4 Å². The summed E-state index contributed by atoms with van der Waals surface area (Å²) in [6.45, 7) is 4.36. The van der Waals surface area contributed by atoms with Crippen molar-refractivity contribution in [1.82, 2.24) is 5.48 Å². The zero-order valence-electron chi connectivity index (χ0n) is 18.9. The Kier molecular flexibility index (Phi) is 8.64. The van der Waals surface area contributed by atoms with Crippen LogP contribution in [-0.2, 0) is 20.9 Å². The zero-order valence-corrected chi connectivity index (χ0v) is 18.9. The van der Waals surface area contributed by atoms with Crippen LogP contribution in [-0.4, -0.2) is 42.8 Å². The highest BCUT2D eigenvalue weighted by Crippen LogP contribution is 2.44. The van der Waals surface area contributed by atoms with Crippen LogP contribution in [0.5, 0.6) is 5.75 Å². The third kappa shape index (κ3) is 5.37. The maximum Gasteiger partial charge on any atom is 0.276 e. The summed E-state index contributed by atoms with van der Waals surface area (Å²) < 4.78 is 11.9. The molecular weight excluding hydrogens is 438 g/mol. The predicted molar refractivity (Wildman–Crippen MR) is 126 cm³/mol. The first kappa shape index (κ1) is 24.8. The first-order chi connectivity index (χ1) is 16.6. The smallest absolute Gasteiger partial charge is 0.276 e. The number of benzene rings is 2. The Bertz CT molecular complexity index is 1080. The van der Waals surface area contributed by atoms with Crippen molar-refractivity contribution in [2.45, 2.75) is 31.0 Å². The molecular formula is C24H27N5O5. The lowest BCUT2D eigenvalue weighted by Crippen LogP contribution is -2.47. The van der Waals surface area contributed by atoms with Crippen molar-refractivity contribution >= 4 is 11.8 Å². The highest BCUT2D eigenvalue weighted by atomic mass is 16.6. The molecule has 0 saturated heterocycles. The Morgan fingerprint density at radius 3 is 2.79 bits per heavy atom. The Balaban J connectivity index is 2.03. The predicted octanol–water partition coefficient (Wildman–Crippen LogP) is 3.77. The van der Waals surface area contributed by atoms with Crippen molar-refractivity contribution in [2.24, 2.45) is 10.1 Å². The molecule has 2 atom stereocenters. The number of hydrogen-bond acceptors (Lipinski definition) is 7. The van der Waals surface area contributed by atoms with Crippen LogP contribution >= 0.6 is 0 Å². The molecule has 1 aliphatic heterocycles. The van der Waals surface area contributed by atoms with E-state index < -0.39 is 17.6 Å². The molecule has 2 aromatic carbocycles. The molecule has 34 heavy (non-hydrogen) atoms. The fourth-order valence-corrected chi connectivity index (χ4v) is 3.74. The molecule has 0 bridgehead atoms. The van der Waals surface area contributed by atoms with Gasteiger partial charge in [-0.25, -0.2) is 10.5 Å². The molecule has 178 valence electrons. The Morgan fingerprint density at radius 2 is 2.12 bits per heavy atom. The number of azide groups is 1. The van der Waals surface area contributed by atoms with Gasteiger partial charge >= 0.3 is 0 Å². The Labute approximate surface area is 197 Å². The summed E-state index contributed by atoms with van der Waals surface area (Å²) in [5, 5.41) is 12.6. The molecule has 2 aromatic rings. The van der Waals surface area contributed by atoms with Crippen LogP contribution in [0.2, 0.25) is 0 Å². The number of ether oxygens (including phenoxy) is 2. The topological polar surface area (TPSA) is 138 Å². The largest absolute Gasteiger partial charge is 0.494 e. The van der Waals surface area contributed by atoms with Gasteiger partial charge in [-0.2, -0.15) is 0 Å². The van der Waals surface area contributed by atoms with Crippen molar-refractivity contribution < 1.29 is 24.2 Å². The van der Waals surface area contributed by atoms with Crippen molar-refractivity contribution in [3.8, 4) is 5.75 Å². The van der Waals surface area contributed by atoms with Gasteiger partial charge in [0, 0.05) is 29.9 Å². The Hall–Kier alpha value is -3.85. The highest BCUT2D eigenvalue weighted by Gasteiger charge is 2.53. The molecule has 0 fully saturated rings. The van der Waals surface area contributed by atoms with E-state index in [1.807, 2.05) is 24.3 Å². The monoisotopic (exact) mass is 465 g/mol. The number of nitrogens with zero attached hydrogens (tertiary/aromatic N) is 4. The molecule has 3 rings (SSSR count). The van der Waals surface area contributed by atoms with Gasteiger partial charge in [0.15, 0.2) is 11.6 Å². The van der Waals surface area contributed by atoms with Gasteiger partial charge in [-0.3, -0.25) is 9.63 Å². The quantitative estimate of drug-likeness (QED) is 0.123. The second kappa shape index (κ2) is 11.9. The normalized spacial score (nSPS) is 18.9. The number of carbonyl (C=O) groups excluding carboxylic acids is 1. The van der Waals surface area contributed by atoms with Gasteiger partial charge in [0.1, 0.15) is 5.75 Å². The average Bonchev–Trinajstić information content (AvgIpc) is 3.24. The molecule has 10 nitrogen and oxygen atoms in total. The van der Waals surface area contributed by atoms with Crippen LogP contribution in [0.3, 0.4) is 0 Å². The molecule has 0 spiro atoms. The number of carbonyl (C=O) groups is 1. The lowest BCUT2D eigenvalue weighted by molar-refractivity contribution is -0.139. The van der Waals surface area contributed by atoms with Gasteiger partial charge < -0.3 is 14.6 Å². The summed E-state index contributed by atoms with van der Waals surface area (Å²) in [4.78, 5) is 25.7. The van der Waals surface area contributed by atoms with E-state index in [-0.39, 0.29) is 25.5 Å². The van der Waals surface area contributed by atoms with Crippen molar-refractivity contribution in [2.75, 3.05) is 20.3 Å². The molecule has 1 heterocycles. The molecule has 1 aliphatic rings. The first-order valence-corrected chi connectivity index (χ1v) is 10.7. The number of aliphatic imine (C=N–C) groups is 1. The Morgan fingerprint density at radius 1 is 1.35 bits per heavy atom. The summed E-state index contributed by atoms with van der Waals surface area (Å²) in [6.07, 6.45) is 1.50. The summed E-state index contributed by atoms with van der Waals surface area (Å²) in [7, 11) is 1.35. The van der Waals surface area contributed by atoms with E-state index in [0.29, 0.717) is 35.5 Å². The molecule has 0 unspecified atom stereocenters. The molecule has 10 heteroatoms. The second-order valence-electron chi connectivity index (χ2n) is 7.51. The number of amides is 1. The van der Waals surface area contributed by atoms with Crippen molar-refractivity contribution in [1.29, 1.82) is 0 Å². The lowest BCUT2D eigenvalue weighted by Gasteiger charge is -2.30. The van der Waals surface area contributed by atoms with Gasteiger partial charge in [-0.15, -0.1) is 6.58 Å². The summed E-state index contributed by atoms with van der Waals surface area (Å²) in [6, 6.07) is 14.4. The number of nitrogens with one attached hydrogen (secondary N) is 1. The van der Waals surface area contributed by atoms with Crippen LogP contribution in [0, 0.1) is 0 Å². The standard InChI is InChI=1S/C24H27N5O5/c1-3-13-24(23(31)28-32-2)21(20-8-5-4-7-18(20)16-26-29-25)34-22(27-24)17-9-11-19(12-10-17)33-15-6-14-30/h3-5,7-12,21,30H,1,6,13-16H2,2H3,(H,28,31)/t21-,24-/m0/s1. The maximum absolute atomic E-state index is 13.3. The minimum atomic E-state index is -1.39. The van der Waals surface area contributed by atoms with E-state index >= 15 is 0 Å². The molecule has 0 saturated carbocycles. The van der Waals surface area contributed by atoms with Crippen LogP contribution in [0.1, 0.15) is 35.6 Å². The third-order valence-corrected chi connectivity index (χ3v) is 5.32. The fourth-order valence-electron chi connectivity index (χ4n) is 3.74. The number of rotatable bonds is 12. The molecule has 0 aromatic heterocycles. The van der Waals surface area contributed by atoms with E-state index in [0.717, 1.165) is 0 Å². The fraction of sp³-hybridized carbons (Fsp3) is 0.333. The van der Waals surface area contributed by atoms with Crippen LogP contribution in [0.4, 0.5) is 0 Å². The van der Waals surface area contributed by atoms with Crippen molar-refractivity contribution in [3.05, 3.63) is 88.3 Å². The van der Waals surface area contributed by atoms with E-state index in [2.05, 4.69) is 22.1 Å². The van der Waals surface area contributed by atoms with Gasteiger partial charge in [-0.05, 0) is 40.9 Å². The van der Waals surface area contributed by atoms with E-state index in [1.165, 1.54) is 7.11 Å². The zero-order chi connectivity index (χ0) is 24.4. The molecule has 1 amide bonds. The molecule has 0 aliphatic carbocycles. The van der Waals surface area contributed by atoms with E-state index in [4.69, 9.17) is 29.9 Å². The minimum Gasteiger partial charge on any atom is -0.494 e. The number of hydrogen-bond donors (Lipinski definition) is 2. The van der Waals surface area contributed by atoms with Crippen LogP contribution < -0.4 is 10.2 Å². The van der Waals surface area contributed by atoms with Gasteiger partial charge in [0.25, 0.3) is 5.91 Å². The maximum atomic E-state index is 13.3. The first-order valence-electron chi connectivity index (χ1n) is 10.7.